The number of hydrogen-bond donors (Lipinski definition) is 1. The number of rotatable bonds is 4. The van der Waals surface area contributed by atoms with Crippen LogP contribution in [0.5, 0.6) is 5.75 Å². The van der Waals surface area contributed by atoms with Gasteiger partial charge in [0.25, 0.3) is 0 Å². The highest BCUT2D eigenvalue weighted by Crippen LogP contribution is 2.22. The first-order valence-electron chi connectivity index (χ1n) is 7.46. The lowest BCUT2D eigenvalue weighted by Crippen LogP contribution is -1.94. The average Bonchev–Trinajstić information content (AvgIpc) is 3.05. The summed E-state index contributed by atoms with van der Waals surface area (Å²) in [5.74, 6) is 1.65. The van der Waals surface area contributed by atoms with Gasteiger partial charge in [-0.05, 0) is 42.0 Å². The van der Waals surface area contributed by atoms with Gasteiger partial charge in [0.1, 0.15) is 18.2 Å². The number of ether oxygens (including phenoxy) is 1. The molecule has 112 valence electrons. The summed E-state index contributed by atoms with van der Waals surface area (Å²) >= 11 is 0. The van der Waals surface area contributed by atoms with E-state index in [2.05, 4.69) is 27.1 Å². The molecule has 4 heteroatoms. The molecule has 0 fully saturated rings. The summed E-state index contributed by atoms with van der Waals surface area (Å²) in [7, 11) is 0. The van der Waals surface area contributed by atoms with Crippen LogP contribution in [-0.2, 0) is 6.61 Å². The van der Waals surface area contributed by atoms with Crippen LogP contribution in [0.2, 0.25) is 0 Å². The Kier molecular flexibility index (Phi) is 3.48. The highest BCUT2D eigenvalue weighted by molar-refractivity contribution is 5.75. The van der Waals surface area contributed by atoms with Gasteiger partial charge in [-0.2, -0.15) is 0 Å². The largest absolute Gasteiger partial charge is 0.489 e. The van der Waals surface area contributed by atoms with Gasteiger partial charge in [0.15, 0.2) is 5.65 Å². The Balaban J connectivity index is 1.51. The maximum absolute atomic E-state index is 5.80. The fourth-order valence-corrected chi connectivity index (χ4v) is 2.43. The van der Waals surface area contributed by atoms with Crippen LogP contribution in [0.4, 0.5) is 0 Å². The van der Waals surface area contributed by atoms with Gasteiger partial charge in [-0.15, -0.1) is 0 Å². The first kappa shape index (κ1) is 13.5. The molecule has 0 atom stereocenters. The number of nitrogens with zero attached hydrogens (tertiary/aromatic N) is 2. The Hall–Kier alpha value is -3.14. The lowest BCUT2D eigenvalue weighted by atomic mass is 10.2. The summed E-state index contributed by atoms with van der Waals surface area (Å²) in [4.78, 5) is 12.0. The van der Waals surface area contributed by atoms with Crippen molar-refractivity contribution in [1.82, 2.24) is 15.0 Å². The van der Waals surface area contributed by atoms with Crippen LogP contribution in [0.1, 0.15) is 5.56 Å². The Labute approximate surface area is 133 Å². The molecule has 4 rings (SSSR count). The molecule has 0 saturated carbocycles. The van der Waals surface area contributed by atoms with Crippen LogP contribution in [0.25, 0.3) is 22.6 Å². The monoisotopic (exact) mass is 301 g/mol. The van der Waals surface area contributed by atoms with E-state index in [0.717, 1.165) is 33.9 Å². The molecule has 0 aliphatic carbocycles. The van der Waals surface area contributed by atoms with E-state index >= 15 is 0 Å². The van der Waals surface area contributed by atoms with Gasteiger partial charge < -0.3 is 9.72 Å². The van der Waals surface area contributed by atoms with Crippen molar-refractivity contribution in [3.8, 4) is 17.1 Å². The highest BCUT2D eigenvalue weighted by atomic mass is 16.5. The van der Waals surface area contributed by atoms with Crippen molar-refractivity contribution < 1.29 is 4.74 Å². The predicted molar refractivity (Wildman–Crippen MR) is 90.1 cm³/mol. The quantitative estimate of drug-likeness (QED) is 0.614. The minimum absolute atomic E-state index is 0.564. The van der Waals surface area contributed by atoms with Crippen molar-refractivity contribution in [2.45, 2.75) is 6.61 Å². The summed E-state index contributed by atoms with van der Waals surface area (Å²) in [5, 5.41) is 0. The predicted octanol–water partition coefficient (Wildman–Crippen LogP) is 4.20. The molecule has 2 aromatic carbocycles. The summed E-state index contributed by atoms with van der Waals surface area (Å²) in [6.45, 7) is 0.564. The van der Waals surface area contributed by atoms with Crippen LogP contribution < -0.4 is 4.74 Å². The first-order chi connectivity index (χ1) is 11.4. The second kappa shape index (κ2) is 5.93. The van der Waals surface area contributed by atoms with Gasteiger partial charge in [0.2, 0.25) is 0 Å². The van der Waals surface area contributed by atoms with E-state index in [1.807, 2.05) is 54.6 Å². The number of aromatic amines is 1. The number of fused-ring (bicyclic) bond motifs is 1. The van der Waals surface area contributed by atoms with E-state index in [1.54, 1.807) is 6.20 Å². The van der Waals surface area contributed by atoms with Crippen molar-refractivity contribution >= 4 is 11.2 Å². The molecule has 0 aliphatic rings. The van der Waals surface area contributed by atoms with Crippen molar-refractivity contribution in [2.24, 2.45) is 0 Å². The molecule has 0 saturated heterocycles. The molecule has 4 nitrogen and oxygen atoms in total. The van der Waals surface area contributed by atoms with Crippen LogP contribution >= 0.6 is 0 Å². The number of nitrogens with one attached hydrogen (secondary N) is 1. The zero-order valence-electron chi connectivity index (χ0n) is 12.4. The van der Waals surface area contributed by atoms with E-state index in [1.165, 1.54) is 0 Å². The number of aromatic nitrogens is 3. The third kappa shape index (κ3) is 2.92. The lowest BCUT2D eigenvalue weighted by Gasteiger charge is -2.06. The summed E-state index contributed by atoms with van der Waals surface area (Å²) in [6.07, 6.45) is 1.74. The number of H-pyrrole nitrogens is 1. The molecule has 23 heavy (non-hydrogen) atoms. The zero-order chi connectivity index (χ0) is 15.5. The smallest absolute Gasteiger partial charge is 0.178 e. The molecule has 0 spiro atoms. The third-order valence-corrected chi connectivity index (χ3v) is 3.63. The Morgan fingerprint density at radius 2 is 1.70 bits per heavy atom. The maximum atomic E-state index is 5.80. The second-order valence-corrected chi connectivity index (χ2v) is 5.26. The topological polar surface area (TPSA) is 50.8 Å². The number of pyridine rings is 1. The molecular formula is C19H15N3O. The van der Waals surface area contributed by atoms with E-state index < -0.39 is 0 Å². The third-order valence-electron chi connectivity index (χ3n) is 3.63. The molecule has 0 bridgehead atoms. The van der Waals surface area contributed by atoms with Crippen LogP contribution in [-0.4, -0.2) is 15.0 Å². The lowest BCUT2D eigenvalue weighted by molar-refractivity contribution is 0.306. The normalized spacial score (nSPS) is 10.8. The number of benzene rings is 2. The molecule has 1 N–H and O–H groups in total. The van der Waals surface area contributed by atoms with Gasteiger partial charge in [0, 0.05) is 11.8 Å². The van der Waals surface area contributed by atoms with Crippen LogP contribution in [0.3, 0.4) is 0 Å². The van der Waals surface area contributed by atoms with E-state index in [4.69, 9.17) is 4.74 Å². The summed E-state index contributed by atoms with van der Waals surface area (Å²) in [6, 6.07) is 21.9. The highest BCUT2D eigenvalue weighted by Gasteiger charge is 2.05. The first-order valence-corrected chi connectivity index (χ1v) is 7.46. The molecule has 2 heterocycles. The number of imidazole rings is 1. The molecule has 0 unspecified atom stereocenters. The van der Waals surface area contributed by atoms with Crippen LogP contribution in [0.15, 0.2) is 72.9 Å². The van der Waals surface area contributed by atoms with E-state index in [0.29, 0.717) is 6.61 Å². The number of hydrogen-bond acceptors (Lipinski definition) is 3. The van der Waals surface area contributed by atoms with Gasteiger partial charge >= 0.3 is 0 Å². The molecule has 2 aromatic heterocycles. The molecular weight excluding hydrogens is 286 g/mol. The molecule has 0 aliphatic heterocycles. The minimum Gasteiger partial charge on any atom is -0.489 e. The average molecular weight is 301 g/mol. The second-order valence-electron chi connectivity index (χ2n) is 5.26. The van der Waals surface area contributed by atoms with Gasteiger partial charge in [-0.3, -0.25) is 0 Å². The zero-order valence-corrected chi connectivity index (χ0v) is 12.4. The SMILES string of the molecule is c1ccc(COc2ccc(-c3nc4ncccc4[nH]3)cc2)cc1. The standard InChI is InChI=1S/C19H15N3O/c1-2-5-14(6-3-1)13-23-16-10-8-15(9-11-16)18-21-17-7-4-12-20-19(17)22-18/h1-12H,13H2,(H,20,21,22). The molecule has 0 radical (unpaired) electrons. The maximum Gasteiger partial charge on any atom is 0.178 e. The fourth-order valence-electron chi connectivity index (χ4n) is 2.43. The summed E-state index contributed by atoms with van der Waals surface area (Å²) < 4.78 is 5.80. The Morgan fingerprint density at radius 1 is 0.870 bits per heavy atom. The van der Waals surface area contributed by atoms with Gasteiger partial charge in [-0.1, -0.05) is 30.3 Å². The minimum atomic E-state index is 0.564. The Bertz CT molecular complexity index is 881. The van der Waals surface area contributed by atoms with Gasteiger partial charge in [-0.25, -0.2) is 9.97 Å². The Morgan fingerprint density at radius 3 is 2.48 bits per heavy atom. The fraction of sp³-hybridized carbons (Fsp3) is 0.0526. The van der Waals surface area contributed by atoms with E-state index in [9.17, 15) is 0 Å². The van der Waals surface area contributed by atoms with Crippen molar-refractivity contribution in [3.63, 3.8) is 0 Å². The molecule has 0 amide bonds. The van der Waals surface area contributed by atoms with Crippen molar-refractivity contribution in [3.05, 3.63) is 78.5 Å². The summed E-state index contributed by atoms with van der Waals surface area (Å²) in [5.41, 5.74) is 3.83. The molecule has 4 aromatic rings. The van der Waals surface area contributed by atoms with Crippen molar-refractivity contribution in [1.29, 1.82) is 0 Å². The van der Waals surface area contributed by atoms with Crippen molar-refractivity contribution in [2.75, 3.05) is 0 Å². The van der Waals surface area contributed by atoms with Crippen LogP contribution in [0, 0.1) is 0 Å². The van der Waals surface area contributed by atoms with Gasteiger partial charge in [0.05, 0.1) is 5.52 Å². The van der Waals surface area contributed by atoms with E-state index in [-0.39, 0.29) is 0 Å².